The molecular weight excluding hydrogens is 546 g/mol. The summed E-state index contributed by atoms with van der Waals surface area (Å²) in [7, 11) is 0. The molecule has 0 radical (unpaired) electrons. The van der Waals surface area contributed by atoms with Gasteiger partial charge in [-0.2, -0.15) is 0 Å². The molecule has 2 heterocycles. The summed E-state index contributed by atoms with van der Waals surface area (Å²) in [4.78, 5) is 34.3. The number of benzene rings is 3. The fourth-order valence-corrected chi connectivity index (χ4v) is 5.82. The van der Waals surface area contributed by atoms with Crippen LogP contribution in [-0.4, -0.2) is 54.9 Å². The summed E-state index contributed by atoms with van der Waals surface area (Å²) >= 11 is 0. The molecule has 2 aliphatic heterocycles. The lowest BCUT2D eigenvalue weighted by molar-refractivity contribution is -0.126. The number of hydrogen-bond donors (Lipinski definition) is 4. The van der Waals surface area contributed by atoms with E-state index < -0.39 is 17.1 Å². The van der Waals surface area contributed by atoms with E-state index in [2.05, 4.69) is 52.3 Å². The summed E-state index contributed by atoms with van der Waals surface area (Å²) in [5.41, 5.74) is 2.37. The van der Waals surface area contributed by atoms with E-state index in [1.54, 1.807) is 0 Å². The number of ether oxygens (including phenoxy) is 2. The molecule has 2 amide bonds. The Morgan fingerprint density at radius 1 is 0.977 bits per heavy atom. The standard InChI is InChI=1S/C33H39N3O4.CH2O2/c1-32(2,3)40-31(38)36-25-19-24(20-34-21-25)30(37)35-22-33(18-17-23-11-5-4-6-12-23)26-13-7-9-15-28(26)39-29-16-10-8-14-27(29)33;2-1-3/h4-16,24-25,34H,17-22H2,1-3H3,(H,35,37)(H,36,38);1H,(H,2,3)/t24-,25+;/m0./s1. The van der Waals surface area contributed by atoms with Gasteiger partial charge in [0, 0.05) is 42.2 Å². The van der Waals surface area contributed by atoms with Gasteiger partial charge >= 0.3 is 6.09 Å². The predicted molar refractivity (Wildman–Crippen MR) is 164 cm³/mol. The molecule has 0 unspecified atom stereocenters. The van der Waals surface area contributed by atoms with Crippen LogP contribution in [0, 0.1) is 5.92 Å². The van der Waals surface area contributed by atoms with Crippen LogP contribution in [0.1, 0.15) is 50.3 Å². The molecule has 5 rings (SSSR count). The number of carbonyl (C=O) groups is 3. The van der Waals surface area contributed by atoms with Gasteiger partial charge < -0.3 is 30.5 Å². The van der Waals surface area contributed by atoms with E-state index in [1.165, 1.54) is 5.56 Å². The molecule has 2 atom stereocenters. The van der Waals surface area contributed by atoms with Crippen molar-refractivity contribution < 1.29 is 29.0 Å². The van der Waals surface area contributed by atoms with Gasteiger partial charge in [-0.3, -0.25) is 9.59 Å². The first-order chi connectivity index (χ1) is 20.6. The molecule has 4 N–H and O–H groups in total. The van der Waals surface area contributed by atoms with Gasteiger partial charge in [-0.25, -0.2) is 4.79 Å². The minimum absolute atomic E-state index is 0.0243. The summed E-state index contributed by atoms with van der Waals surface area (Å²) < 4.78 is 11.7. The summed E-state index contributed by atoms with van der Waals surface area (Å²) in [6.07, 6.45) is 1.74. The third-order valence-electron chi connectivity index (χ3n) is 7.72. The highest BCUT2D eigenvalue weighted by Crippen LogP contribution is 2.50. The quantitative estimate of drug-likeness (QED) is 0.286. The van der Waals surface area contributed by atoms with E-state index in [0.29, 0.717) is 26.1 Å². The Morgan fingerprint density at radius 3 is 2.16 bits per heavy atom. The van der Waals surface area contributed by atoms with Crippen molar-refractivity contribution in [2.75, 3.05) is 19.6 Å². The van der Waals surface area contributed by atoms with Crippen LogP contribution < -0.4 is 20.7 Å². The van der Waals surface area contributed by atoms with Crippen molar-refractivity contribution in [1.82, 2.24) is 16.0 Å². The van der Waals surface area contributed by atoms with Gasteiger partial charge in [-0.1, -0.05) is 66.7 Å². The zero-order valence-corrected chi connectivity index (χ0v) is 25.0. The second kappa shape index (κ2) is 14.2. The molecular formula is C34H41N3O6. The third kappa shape index (κ3) is 8.14. The Kier molecular flexibility index (Phi) is 10.4. The van der Waals surface area contributed by atoms with Gasteiger partial charge in [0.05, 0.1) is 5.92 Å². The molecule has 9 nitrogen and oxygen atoms in total. The first-order valence-electron chi connectivity index (χ1n) is 14.6. The Bertz CT molecular complexity index is 1340. The van der Waals surface area contributed by atoms with Crippen molar-refractivity contribution in [3.8, 4) is 11.5 Å². The van der Waals surface area contributed by atoms with Crippen LogP contribution in [0.25, 0.3) is 0 Å². The molecule has 0 bridgehead atoms. The van der Waals surface area contributed by atoms with E-state index in [9.17, 15) is 9.59 Å². The average Bonchev–Trinajstić information content (AvgIpc) is 2.98. The number of alkyl carbamates (subject to hydrolysis) is 1. The normalized spacial score (nSPS) is 18.3. The molecule has 0 saturated carbocycles. The number of fused-ring (bicyclic) bond motifs is 2. The number of piperidine rings is 1. The number of rotatable bonds is 7. The highest BCUT2D eigenvalue weighted by atomic mass is 16.6. The molecule has 3 aromatic carbocycles. The maximum Gasteiger partial charge on any atom is 0.407 e. The van der Waals surface area contributed by atoms with Gasteiger partial charge in [0.2, 0.25) is 5.91 Å². The Morgan fingerprint density at radius 2 is 1.56 bits per heavy atom. The van der Waals surface area contributed by atoms with E-state index >= 15 is 0 Å². The van der Waals surface area contributed by atoms with Crippen molar-refractivity contribution in [3.05, 3.63) is 95.6 Å². The van der Waals surface area contributed by atoms with Gasteiger partial charge in [-0.05, 0) is 57.7 Å². The minimum Gasteiger partial charge on any atom is -0.483 e. The molecule has 1 saturated heterocycles. The largest absolute Gasteiger partial charge is 0.483 e. The van der Waals surface area contributed by atoms with Crippen LogP contribution in [0.4, 0.5) is 4.79 Å². The van der Waals surface area contributed by atoms with E-state index in [-0.39, 0.29) is 24.3 Å². The first kappa shape index (κ1) is 31.6. The Hall–Kier alpha value is -4.37. The molecule has 0 aliphatic carbocycles. The summed E-state index contributed by atoms with van der Waals surface area (Å²) in [6, 6.07) is 26.5. The van der Waals surface area contributed by atoms with Crippen molar-refractivity contribution >= 4 is 18.5 Å². The van der Waals surface area contributed by atoms with Crippen LogP contribution in [0.3, 0.4) is 0 Å². The fourth-order valence-electron chi connectivity index (χ4n) is 5.82. The van der Waals surface area contributed by atoms with Crippen LogP contribution >= 0.6 is 0 Å². The first-order valence-corrected chi connectivity index (χ1v) is 14.6. The number of para-hydroxylation sites is 2. The van der Waals surface area contributed by atoms with Crippen molar-refractivity contribution in [2.24, 2.45) is 5.92 Å². The van der Waals surface area contributed by atoms with Crippen molar-refractivity contribution in [1.29, 1.82) is 0 Å². The van der Waals surface area contributed by atoms with Crippen LogP contribution in [0.2, 0.25) is 0 Å². The molecule has 1 fully saturated rings. The number of carboxylic acid groups (broad SMARTS) is 1. The number of aryl methyl sites for hydroxylation is 1. The maximum atomic E-state index is 13.6. The smallest absolute Gasteiger partial charge is 0.407 e. The van der Waals surface area contributed by atoms with Crippen molar-refractivity contribution in [2.45, 2.75) is 57.1 Å². The third-order valence-corrected chi connectivity index (χ3v) is 7.72. The monoisotopic (exact) mass is 587 g/mol. The van der Waals surface area contributed by atoms with E-state index in [4.69, 9.17) is 19.4 Å². The molecule has 2 aliphatic rings. The van der Waals surface area contributed by atoms with Crippen LogP contribution in [0.5, 0.6) is 11.5 Å². The molecule has 3 aromatic rings. The fraction of sp³-hybridized carbons (Fsp3) is 0.382. The van der Waals surface area contributed by atoms with Crippen LogP contribution in [-0.2, 0) is 26.2 Å². The molecule has 0 aromatic heterocycles. The van der Waals surface area contributed by atoms with Crippen LogP contribution in [0.15, 0.2) is 78.9 Å². The lowest BCUT2D eigenvalue weighted by Gasteiger charge is -2.41. The molecule has 43 heavy (non-hydrogen) atoms. The lowest BCUT2D eigenvalue weighted by atomic mass is 9.68. The maximum absolute atomic E-state index is 13.6. The van der Waals surface area contributed by atoms with Gasteiger partial charge in [-0.15, -0.1) is 0 Å². The SMILES string of the molecule is CC(C)(C)OC(=O)N[C@H]1CNC[C@@H](C(=O)NCC2(CCc3ccccc3)c3ccccc3Oc3ccccc32)C1.O=CO. The van der Waals surface area contributed by atoms with E-state index in [0.717, 1.165) is 35.5 Å². The second-order valence-corrected chi connectivity index (χ2v) is 11.9. The highest BCUT2D eigenvalue weighted by molar-refractivity contribution is 5.79. The second-order valence-electron chi connectivity index (χ2n) is 11.9. The summed E-state index contributed by atoms with van der Waals surface area (Å²) in [5, 5.41) is 16.4. The zero-order valence-electron chi connectivity index (χ0n) is 25.0. The molecule has 9 heteroatoms. The van der Waals surface area contributed by atoms with Crippen molar-refractivity contribution in [3.63, 3.8) is 0 Å². The topological polar surface area (TPSA) is 126 Å². The number of carbonyl (C=O) groups excluding carboxylic acids is 2. The Labute approximate surface area is 253 Å². The van der Waals surface area contributed by atoms with E-state index in [1.807, 2.05) is 63.2 Å². The number of amides is 2. The lowest BCUT2D eigenvalue weighted by Crippen LogP contribution is -2.54. The molecule has 0 spiro atoms. The minimum atomic E-state index is -0.576. The molecule has 228 valence electrons. The zero-order chi connectivity index (χ0) is 30.9. The van der Waals surface area contributed by atoms with Gasteiger partial charge in [0.25, 0.3) is 6.47 Å². The highest BCUT2D eigenvalue weighted by Gasteiger charge is 2.42. The number of nitrogens with one attached hydrogen (secondary N) is 3. The average molecular weight is 588 g/mol. The van der Waals surface area contributed by atoms with Gasteiger partial charge in [0.1, 0.15) is 17.1 Å². The summed E-state index contributed by atoms with van der Waals surface area (Å²) in [5.74, 6) is 1.35. The predicted octanol–water partition coefficient (Wildman–Crippen LogP) is 5.03. The summed E-state index contributed by atoms with van der Waals surface area (Å²) in [6.45, 7) is 6.86. The Balaban J connectivity index is 0.00000135. The number of hydrogen-bond acceptors (Lipinski definition) is 6. The van der Waals surface area contributed by atoms with Gasteiger partial charge in [0.15, 0.2) is 0 Å².